The highest BCUT2D eigenvalue weighted by Crippen LogP contribution is 2.19. The number of nitrogens with one attached hydrogen (secondary N) is 1. The van der Waals surface area contributed by atoms with E-state index in [1.807, 2.05) is 17.0 Å². The second kappa shape index (κ2) is 9.39. The average Bonchev–Trinajstić information content (AvgIpc) is 3.17. The van der Waals surface area contributed by atoms with Crippen molar-refractivity contribution in [3.63, 3.8) is 0 Å². The van der Waals surface area contributed by atoms with Gasteiger partial charge in [0.15, 0.2) is 5.96 Å². The quantitative estimate of drug-likeness (QED) is 0.634. The van der Waals surface area contributed by atoms with E-state index in [4.69, 9.17) is 9.41 Å². The van der Waals surface area contributed by atoms with Gasteiger partial charge in [-0.15, -0.1) is 0 Å². The lowest BCUT2D eigenvalue weighted by Gasteiger charge is -2.36. The highest BCUT2D eigenvalue weighted by molar-refractivity contribution is 5.80. The van der Waals surface area contributed by atoms with E-state index in [1.54, 1.807) is 13.2 Å². The molecule has 150 valence electrons. The van der Waals surface area contributed by atoms with Crippen LogP contribution < -0.4 is 5.32 Å². The number of nitrogens with zero attached hydrogens (tertiary/aromatic N) is 4. The van der Waals surface area contributed by atoms with E-state index in [1.165, 1.54) is 5.56 Å². The molecule has 1 amide bonds. The Morgan fingerprint density at radius 1 is 1.18 bits per heavy atom. The van der Waals surface area contributed by atoms with Crippen LogP contribution in [0.15, 0.2) is 39.9 Å². The Kier molecular flexibility index (Phi) is 6.68. The van der Waals surface area contributed by atoms with Gasteiger partial charge in [-0.25, -0.2) is 4.98 Å². The lowest BCUT2D eigenvalue weighted by molar-refractivity contribution is -0.130. The van der Waals surface area contributed by atoms with Crippen LogP contribution in [0.1, 0.15) is 25.1 Å². The summed E-state index contributed by atoms with van der Waals surface area (Å²) < 4.78 is 5.62. The molecular weight excluding hydrogens is 354 g/mol. The molecule has 1 aromatic heterocycles. The summed E-state index contributed by atoms with van der Waals surface area (Å²) in [6.07, 6.45) is 2.43. The van der Waals surface area contributed by atoms with Gasteiger partial charge in [0.25, 0.3) is 0 Å². The minimum absolute atomic E-state index is 0.136. The zero-order chi connectivity index (χ0) is 19.9. The molecule has 1 aliphatic rings. The minimum atomic E-state index is 0.136. The predicted molar refractivity (Wildman–Crippen MR) is 110 cm³/mol. The molecule has 28 heavy (non-hydrogen) atoms. The van der Waals surface area contributed by atoms with E-state index in [9.17, 15) is 4.79 Å². The van der Waals surface area contributed by atoms with Crippen LogP contribution >= 0.6 is 0 Å². The van der Waals surface area contributed by atoms with Crippen molar-refractivity contribution in [2.75, 3.05) is 39.3 Å². The van der Waals surface area contributed by atoms with Crippen LogP contribution in [0, 0.1) is 6.92 Å². The molecule has 0 aliphatic carbocycles. The molecule has 7 heteroatoms. The number of aryl methyl sites for hydroxylation is 1. The maximum atomic E-state index is 11.5. The van der Waals surface area contributed by atoms with Gasteiger partial charge in [0, 0.05) is 58.2 Å². The molecule has 1 aromatic carbocycles. The Labute approximate surface area is 166 Å². The molecule has 2 aromatic rings. The fourth-order valence-corrected chi connectivity index (χ4v) is 3.19. The molecule has 0 unspecified atom stereocenters. The minimum Gasteiger partial charge on any atom is -0.444 e. The summed E-state index contributed by atoms with van der Waals surface area (Å²) in [7, 11) is 0. The smallest absolute Gasteiger partial charge is 0.226 e. The van der Waals surface area contributed by atoms with Gasteiger partial charge in [0.2, 0.25) is 11.8 Å². The van der Waals surface area contributed by atoms with Gasteiger partial charge in [-0.05, 0) is 26.0 Å². The number of carbonyl (C=O) groups excluding carboxylic acids is 1. The Bertz CT molecular complexity index is 804. The van der Waals surface area contributed by atoms with Gasteiger partial charge in [0.1, 0.15) is 6.26 Å². The Hall–Kier alpha value is -2.83. The molecule has 1 aliphatic heterocycles. The molecule has 1 saturated heterocycles. The number of oxazole rings is 1. The van der Waals surface area contributed by atoms with Crippen molar-refractivity contribution in [1.82, 2.24) is 20.1 Å². The number of aliphatic imine (C=N–C) groups is 1. The fraction of sp³-hybridized carbons (Fsp3) is 0.476. The second-order valence-electron chi connectivity index (χ2n) is 6.99. The molecule has 0 spiro atoms. The van der Waals surface area contributed by atoms with Gasteiger partial charge in [-0.1, -0.05) is 17.7 Å². The molecule has 1 fully saturated rings. The van der Waals surface area contributed by atoms with Crippen LogP contribution in [0.2, 0.25) is 0 Å². The summed E-state index contributed by atoms with van der Waals surface area (Å²) in [6.45, 7) is 10.3. The molecule has 0 bridgehead atoms. The second-order valence-corrected chi connectivity index (χ2v) is 6.99. The summed E-state index contributed by atoms with van der Waals surface area (Å²) in [6, 6.07) is 8.15. The van der Waals surface area contributed by atoms with Crippen molar-refractivity contribution in [3.8, 4) is 11.5 Å². The van der Waals surface area contributed by atoms with E-state index in [2.05, 4.69) is 41.2 Å². The summed E-state index contributed by atoms with van der Waals surface area (Å²) >= 11 is 0. The van der Waals surface area contributed by atoms with Crippen LogP contribution in [0.25, 0.3) is 11.5 Å². The predicted octanol–water partition coefficient (Wildman–Crippen LogP) is 2.32. The third kappa shape index (κ3) is 5.12. The van der Waals surface area contributed by atoms with Crippen LogP contribution in [-0.2, 0) is 11.2 Å². The maximum absolute atomic E-state index is 11.5. The van der Waals surface area contributed by atoms with Crippen LogP contribution in [-0.4, -0.2) is 65.9 Å². The van der Waals surface area contributed by atoms with Gasteiger partial charge in [0.05, 0.1) is 5.69 Å². The first-order chi connectivity index (χ1) is 13.6. The molecule has 0 radical (unpaired) electrons. The Morgan fingerprint density at radius 3 is 2.50 bits per heavy atom. The standard InChI is InChI=1S/C21H29N5O2/c1-4-22-21(26-13-11-25(12-14-26)17(3)27)23-10-9-19-15-28-20(24-19)18-7-5-16(2)6-8-18/h5-8,15H,4,9-14H2,1-3H3,(H,22,23). The Morgan fingerprint density at radius 2 is 1.86 bits per heavy atom. The summed E-state index contributed by atoms with van der Waals surface area (Å²) in [5.41, 5.74) is 3.10. The first kappa shape index (κ1) is 19.9. The van der Waals surface area contributed by atoms with Crippen molar-refractivity contribution in [2.24, 2.45) is 4.99 Å². The summed E-state index contributed by atoms with van der Waals surface area (Å²) in [5, 5.41) is 3.35. The van der Waals surface area contributed by atoms with Crippen molar-refractivity contribution < 1.29 is 9.21 Å². The van der Waals surface area contributed by atoms with Crippen molar-refractivity contribution in [1.29, 1.82) is 0 Å². The van der Waals surface area contributed by atoms with E-state index in [0.29, 0.717) is 12.4 Å². The van der Waals surface area contributed by atoms with Gasteiger partial charge in [-0.3, -0.25) is 9.79 Å². The van der Waals surface area contributed by atoms with Gasteiger partial charge >= 0.3 is 0 Å². The number of carbonyl (C=O) groups is 1. The summed E-state index contributed by atoms with van der Waals surface area (Å²) in [5.74, 6) is 1.68. The normalized spacial score (nSPS) is 15.0. The molecule has 3 rings (SSSR count). The molecule has 1 N–H and O–H groups in total. The van der Waals surface area contributed by atoms with Crippen molar-refractivity contribution >= 4 is 11.9 Å². The Balaban J connectivity index is 1.57. The highest BCUT2D eigenvalue weighted by atomic mass is 16.3. The monoisotopic (exact) mass is 383 g/mol. The van der Waals surface area contributed by atoms with E-state index < -0.39 is 0 Å². The lowest BCUT2D eigenvalue weighted by atomic mass is 10.1. The van der Waals surface area contributed by atoms with Crippen LogP contribution in [0.4, 0.5) is 0 Å². The zero-order valence-corrected chi connectivity index (χ0v) is 16.9. The maximum Gasteiger partial charge on any atom is 0.226 e. The zero-order valence-electron chi connectivity index (χ0n) is 16.9. The fourth-order valence-electron chi connectivity index (χ4n) is 3.19. The molecular formula is C21H29N5O2. The first-order valence-electron chi connectivity index (χ1n) is 9.87. The van der Waals surface area contributed by atoms with E-state index >= 15 is 0 Å². The topological polar surface area (TPSA) is 74.0 Å². The number of benzene rings is 1. The average molecular weight is 383 g/mol. The molecule has 0 saturated carbocycles. The number of amides is 1. The van der Waals surface area contributed by atoms with Crippen molar-refractivity contribution in [2.45, 2.75) is 27.2 Å². The molecule has 7 nitrogen and oxygen atoms in total. The van der Waals surface area contributed by atoms with Crippen LogP contribution in [0.3, 0.4) is 0 Å². The number of rotatable bonds is 5. The number of hydrogen-bond donors (Lipinski definition) is 1. The largest absolute Gasteiger partial charge is 0.444 e. The molecule has 0 atom stereocenters. The highest BCUT2D eigenvalue weighted by Gasteiger charge is 2.20. The number of piperazine rings is 1. The molecule has 2 heterocycles. The van der Waals surface area contributed by atoms with Crippen molar-refractivity contribution in [3.05, 3.63) is 41.8 Å². The van der Waals surface area contributed by atoms with Gasteiger partial charge in [-0.2, -0.15) is 0 Å². The van der Waals surface area contributed by atoms with E-state index in [-0.39, 0.29) is 5.91 Å². The SMILES string of the molecule is CCNC(=NCCc1coc(-c2ccc(C)cc2)n1)N1CCN(C(C)=O)CC1. The van der Waals surface area contributed by atoms with Gasteiger partial charge < -0.3 is 19.5 Å². The third-order valence-electron chi connectivity index (χ3n) is 4.84. The number of guanidine groups is 1. The van der Waals surface area contributed by atoms with Crippen LogP contribution in [0.5, 0.6) is 0 Å². The van der Waals surface area contributed by atoms with E-state index in [0.717, 1.165) is 56.4 Å². The third-order valence-corrected chi connectivity index (χ3v) is 4.84. The number of aromatic nitrogens is 1. The summed E-state index contributed by atoms with van der Waals surface area (Å²) in [4.78, 5) is 24.9. The number of hydrogen-bond acceptors (Lipinski definition) is 4. The lowest BCUT2D eigenvalue weighted by Crippen LogP contribution is -2.53. The first-order valence-corrected chi connectivity index (χ1v) is 9.87.